The minimum absolute atomic E-state index is 0.113. The molecule has 0 bridgehead atoms. The number of hydrogen-bond acceptors (Lipinski definition) is 4. The SMILES string of the molecule is CN(C)C(=O)CN(C)S(=O)(=O)c1ccc(SC(F)(F)F)cc1. The van der Waals surface area contributed by atoms with Gasteiger partial charge in [-0.15, -0.1) is 0 Å². The van der Waals surface area contributed by atoms with Gasteiger partial charge in [-0.2, -0.15) is 17.5 Å². The van der Waals surface area contributed by atoms with E-state index in [9.17, 15) is 26.4 Å². The summed E-state index contributed by atoms with van der Waals surface area (Å²) < 4.78 is 61.9. The number of likely N-dealkylation sites (N-methyl/N-ethyl adjacent to an activating group) is 2. The molecular weight excluding hydrogens is 341 g/mol. The number of carbonyl (C=O) groups excluding carboxylic acids is 1. The third-order valence-electron chi connectivity index (χ3n) is 2.62. The van der Waals surface area contributed by atoms with Gasteiger partial charge in [0, 0.05) is 26.0 Å². The van der Waals surface area contributed by atoms with E-state index in [-0.39, 0.29) is 28.1 Å². The molecule has 0 fully saturated rings. The number of sulfonamides is 1. The van der Waals surface area contributed by atoms with Crippen LogP contribution in [-0.4, -0.2) is 56.7 Å². The van der Waals surface area contributed by atoms with Crippen molar-refractivity contribution >= 4 is 27.7 Å². The van der Waals surface area contributed by atoms with E-state index in [4.69, 9.17) is 0 Å². The zero-order valence-electron chi connectivity index (χ0n) is 12.1. The molecule has 0 saturated carbocycles. The summed E-state index contributed by atoms with van der Waals surface area (Å²) in [7, 11) is 0.283. The van der Waals surface area contributed by atoms with Crippen LogP contribution in [0.25, 0.3) is 0 Å². The fourth-order valence-corrected chi connectivity index (χ4v) is 3.07. The number of alkyl halides is 3. The van der Waals surface area contributed by atoms with Crippen molar-refractivity contribution in [2.45, 2.75) is 15.3 Å². The molecule has 124 valence electrons. The van der Waals surface area contributed by atoms with E-state index < -0.39 is 21.4 Å². The van der Waals surface area contributed by atoms with E-state index in [1.807, 2.05) is 0 Å². The molecule has 0 atom stereocenters. The fraction of sp³-hybridized carbons (Fsp3) is 0.417. The van der Waals surface area contributed by atoms with E-state index in [2.05, 4.69) is 0 Å². The molecule has 1 amide bonds. The highest BCUT2D eigenvalue weighted by atomic mass is 32.2. The van der Waals surface area contributed by atoms with Gasteiger partial charge < -0.3 is 4.90 Å². The lowest BCUT2D eigenvalue weighted by atomic mass is 10.4. The fourth-order valence-electron chi connectivity index (χ4n) is 1.41. The normalized spacial score (nSPS) is 12.5. The first-order chi connectivity index (χ1) is 9.93. The molecule has 0 heterocycles. The van der Waals surface area contributed by atoms with Crippen LogP contribution in [-0.2, 0) is 14.8 Å². The number of nitrogens with zero attached hydrogens (tertiary/aromatic N) is 2. The highest BCUT2D eigenvalue weighted by molar-refractivity contribution is 8.00. The minimum Gasteiger partial charge on any atom is -0.348 e. The number of hydrogen-bond donors (Lipinski definition) is 0. The number of amides is 1. The van der Waals surface area contributed by atoms with E-state index in [0.717, 1.165) is 28.6 Å². The van der Waals surface area contributed by atoms with Gasteiger partial charge in [-0.3, -0.25) is 4.79 Å². The molecular formula is C12H15F3N2O3S2. The lowest BCUT2D eigenvalue weighted by Gasteiger charge is -2.19. The average Bonchev–Trinajstić information content (AvgIpc) is 2.37. The maximum Gasteiger partial charge on any atom is 0.446 e. The molecule has 0 aliphatic carbocycles. The van der Waals surface area contributed by atoms with E-state index >= 15 is 0 Å². The number of benzene rings is 1. The first kappa shape index (κ1) is 18.8. The largest absolute Gasteiger partial charge is 0.446 e. The zero-order chi connectivity index (χ0) is 17.1. The van der Waals surface area contributed by atoms with Gasteiger partial charge >= 0.3 is 5.51 Å². The Morgan fingerprint density at radius 1 is 1.14 bits per heavy atom. The molecule has 1 aromatic rings. The molecule has 0 unspecified atom stereocenters. The Morgan fingerprint density at radius 2 is 1.64 bits per heavy atom. The monoisotopic (exact) mass is 356 g/mol. The third kappa shape index (κ3) is 5.18. The molecule has 0 aliphatic rings. The van der Waals surface area contributed by atoms with Crippen LogP contribution in [0.2, 0.25) is 0 Å². The molecule has 0 aliphatic heterocycles. The predicted molar refractivity (Wildman–Crippen MR) is 76.9 cm³/mol. The van der Waals surface area contributed by atoms with Crippen LogP contribution in [0.5, 0.6) is 0 Å². The van der Waals surface area contributed by atoms with Gasteiger partial charge in [-0.1, -0.05) is 0 Å². The molecule has 0 aromatic heterocycles. The van der Waals surface area contributed by atoms with Crippen molar-refractivity contribution in [3.8, 4) is 0 Å². The Balaban J connectivity index is 2.92. The second-order valence-corrected chi connectivity index (χ2v) is 7.75. The highest BCUT2D eigenvalue weighted by Gasteiger charge is 2.29. The summed E-state index contributed by atoms with van der Waals surface area (Å²) in [5, 5.41) is 0. The van der Waals surface area contributed by atoms with E-state index in [1.54, 1.807) is 0 Å². The van der Waals surface area contributed by atoms with Gasteiger partial charge in [-0.25, -0.2) is 8.42 Å². The molecule has 0 saturated heterocycles. The van der Waals surface area contributed by atoms with Crippen molar-refractivity contribution in [3.05, 3.63) is 24.3 Å². The lowest BCUT2D eigenvalue weighted by Crippen LogP contribution is -2.37. The first-order valence-corrected chi connectivity index (χ1v) is 8.21. The summed E-state index contributed by atoms with van der Waals surface area (Å²) in [5.74, 6) is -0.407. The lowest BCUT2D eigenvalue weighted by molar-refractivity contribution is -0.128. The van der Waals surface area contributed by atoms with Crippen LogP contribution in [0.1, 0.15) is 0 Å². The summed E-state index contributed by atoms with van der Waals surface area (Å²) in [5.41, 5.74) is -4.44. The van der Waals surface area contributed by atoms with Crippen LogP contribution in [0.15, 0.2) is 34.1 Å². The van der Waals surface area contributed by atoms with Crippen molar-refractivity contribution in [2.75, 3.05) is 27.7 Å². The number of rotatable bonds is 5. The molecule has 22 heavy (non-hydrogen) atoms. The number of thioether (sulfide) groups is 1. The topological polar surface area (TPSA) is 57.7 Å². The van der Waals surface area contributed by atoms with Gasteiger partial charge in [0.25, 0.3) is 0 Å². The van der Waals surface area contributed by atoms with E-state index in [1.165, 1.54) is 26.0 Å². The minimum atomic E-state index is -4.44. The Kier molecular flexibility index (Phi) is 5.88. The number of carbonyl (C=O) groups is 1. The zero-order valence-corrected chi connectivity index (χ0v) is 13.7. The van der Waals surface area contributed by atoms with Gasteiger partial charge in [-0.05, 0) is 36.0 Å². The Labute approximate surface area is 131 Å². The maximum absolute atomic E-state index is 12.2. The Morgan fingerprint density at radius 3 is 2.05 bits per heavy atom. The summed E-state index contributed by atoms with van der Waals surface area (Å²) in [6.07, 6.45) is 0. The molecule has 0 N–H and O–H groups in total. The predicted octanol–water partition coefficient (Wildman–Crippen LogP) is 2.01. The van der Waals surface area contributed by atoms with Crippen molar-refractivity contribution in [1.29, 1.82) is 0 Å². The highest BCUT2D eigenvalue weighted by Crippen LogP contribution is 2.37. The molecule has 10 heteroatoms. The molecule has 1 rings (SSSR count). The van der Waals surface area contributed by atoms with Crippen LogP contribution < -0.4 is 0 Å². The smallest absolute Gasteiger partial charge is 0.348 e. The molecule has 1 aromatic carbocycles. The molecule has 0 radical (unpaired) electrons. The van der Waals surface area contributed by atoms with Gasteiger partial charge in [0.2, 0.25) is 15.9 Å². The Hall–Kier alpha value is -1.26. The maximum atomic E-state index is 12.2. The quantitative estimate of drug-likeness (QED) is 0.758. The third-order valence-corrected chi connectivity index (χ3v) is 5.18. The summed E-state index contributed by atoms with van der Waals surface area (Å²) >= 11 is -0.326. The number of halogens is 3. The first-order valence-electron chi connectivity index (χ1n) is 5.96. The van der Waals surface area contributed by atoms with Crippen LogP contribution in [0, 0.1) is 0 Å². The second-order valence-electron chi connectivity index (χ2n) is 4.57. The Bertz CT molecular complexity index is 628. The van der Waals surface area contributed by atoms with Crippen molar-refractivity contribution in [2.24, 2.45) is 0 Å². The summed E-state index contributed by atoms with van der Waals surface area (Å²) in [6.45, 7) is -0.353. The molecule has 0 spiro atoms. The van der Waals surface area contributed by atoms with Crippen LogP contribution in [0.4, 0.5) is 13.2 Å². The summed E-state index contributed by atoms with van der Waals surface area (Å²) in [6, 6.07) is 4.32. The van der Waals surface area contributed by atoms with Crippen molar-refractivity contribution in [3.63, 3.8) is 0 Å². The van der Waals surface area contributed by atoms with Gasteiger partial charge in [0.1, 0.15) is 0 Å². The van der Waals surface area contributed by atoms with E-state index in [0.29, 0.717) is 0 Å². The van der Waals surface area contributed by atoms with Crippen molar-refractivity contribution in [1.82, 2.24) is 9.21 Å². The molecule has 5 nitrogen and oxygen atoms in total. The van der Waals surface area contributed by atoms with Crippen molar-refractivity contribution < 1.29 is 26.4 Å². The van der Waals surface area contributed by atoms with Gasteiger partial charge in [0.05, 0.1) is 11.4 Å². The summed E-state index contributed by atoms with van der Waals surface area (Å²) in [4.78, 5) is 12.5. The standard InChI is InChI=1S/C12H15F3N2O3S2/c1-16(2)11(18)8-17(3)22(19,20)10-6-4-9(5-7-10)21-12(13,14)15/h4-7H,8H2,1-3H3. The van der Waals surface area contributed by atoms with Crippen LogP contribution >= 0.6 is 11.8 Å². The van der Waals surface area contributed by atoms with Gasteiger partial charge in [0.15, 0.2) is 0 Å². The van der Waals surface area contributed by atoms with Crippen LogP contribution in [0.3, 0.4) is 0 Å². The second kappa shape index (κ2) is 6.88. The average molecular weight is 356 g/mol.